The van der Waals surface area contributed by atoms with E-state index in [-0.39, 0.29) is 36.9 Å². The summed E-state index contributed by atoms with van der Waals surface area (Å²) in [7, 11) is -4.68. The zero-order chi connectivity index (χ0) is 45.1. The van der Waals surface area contributed by atoms with Crippen LogP contribution in [0.25, 0.3) is 0 Å². The van der Waals surface area contributed by atoms with E-state index in [0.29, 0.717) is 32.1 Å². The van der Waals surface area contributed by atoms with Crippen LogP contribution < -0.4 is 0 Å². The molecule has 13 nitrogen and oxygen atoms in total. The van der Waals surface area contributed by atoms with Gasteiger partial charge in [0.25, 0.3) is 0 Å². The van der Waals surface area contributed by atoms with Crippen LogP contribution in [0.15, 0.2) is 12.2 Å². The Hall–Kier alpha value is -1.70. The fourth-order valence-electron chi connectivity index (χ4n) is 7.69. The predicted molar refractivity (Wildman–Crippen MR) is 239 cm³/mol. The zero-order valence-electron chi connectivity index (χ0n) is 38.3. The van der Waals surface area contributed by atoms with Gasteiger partial charge in [-0.05, 0) is 31.6 Å². The lowest BCUT2D eigenvalue weighted by molar-refractivity contribution is -0.161. The van der Waals surface area contributed by atoms with E-state index in [0.717, 1.165) is 57.3 Å². The average Bonchev–Trinajstić information content (AvgIpc) is 3.51. The molecule has 8 atom stereocenters. The fourth-order valence-corrected chi connectivity index (χ4v) is 8.48. The topological polar surface area (TPSA) is 206 Å². The lowest BCUT2D eigenvalue weighted by Crippen LogP contribution is -2.29. The second-order valence-corrected chi connectivity index (χ2v) is 19.0. The number of rotatable bonds is 41. The van der Waals surface area contributed by atoms with Crippen molar-refractivity contribution in [2.75, 3.05) is 26.4 Å². The number of Topliss-reactive ketones (excluding diaryl/α,β-unsaturated/α-hetero) is 1. The number of phosphoric acid groups is 1. The van der Waals surface area contributed by atoms with Crippen LogP contribution in [-0.2, 0) is 37.5 Å². The average molecular weight is 891 g/mol. The fraction of sp³-hybridized carbons (Fsp3) is 0.894. The van der Waals surface area contributed by atoms with Crippen LogP contribution in [0, 0.1) is 17.8 Å². The molecule has 5 N–H and O–H groups in total. The van der Waals surface area contributed by atoms with E-state index in [4.69, 9.17) is 23.6 Å². The minimum Gasteiger partial charge on any atom is -0.462 e. The molecule has 0 heterocycles. The summed E-state index contributed by atoms with van der Waals surface area (Å²) in [4.78, 5) is 47.9. The monoisotopic (exact) mass is 891 g/mol. The van der Waals surface area contributed by atoms with Gasteiger partial charge >= 0.3 is 19.8 Å². The molecule has 358 valence electrons. The zero-order valence-corrected chi connectivity index (χ0v) is 39.2. The highest BCUT2D eigenvalue weighted by molar-refractivity contribution is 7.47. The van der Waals surface area contributed by atoms with Crippen molar-refractivity contribution in [1.82, 2.24) is 0 Å². The normalized spacial score (nSPS) is 19.8. The number of esters is 2. The third kappa shape index (κ3) is 30.9. The molecule has 0 amide bonds. The molecular weight excluding hydrogens is 803 g/mol. The number of aliphatic hydroxyl groups is 4. The summed E-state index contributed by atoms with van der Waals surface area (Å²) in [6.45, 7) is 4.40. The molecule has 2 unspecified atom stereocenters. The molecular formula is C47H87O13P. The Kier molecular flexibility index (Phi) is 34.4. The van der Waals surface area contributed by atoms with E-state index in [1.165, 1.54) is 77.0 Å². The van der Waals surface area contributed by atoms with Crippen LogP contribution in [-0.4, -0.2) is 93.9 Å². The molecule has 0 aromatic carbocycles. The minimum atomic E-state index is -4.68. The Morgan fingerprint density at radius 2 is 1.26 bits per heavy atom. The molecule has 0 aromatic rings. The van der Waals surface area contributed by atoms with Gasteiger partial charge in [0.15, 0.2) is 6.10 Å². The Morgan fingerprint density at radius 1 is 0.738 bits per heavy atom. The molecule has 0 aromatic heterocycles. The summed E-state index contributed by atoms with van der Waals surface area (Å²) >= 11 is 0. The standard InChI is InChI=1S/C47H87O13P/c1-4-6-21-27-39(49)31-32-43-42(44(51)33-45(43)52)28-23-19-20-24-29-46(53)57-36-41(37-59-61(55,56)58-35-40(50)34-48)60-47(54)30-25-18-16-14-12-10-8-7-9-11-13-15-17-22-26-38(3)5-2/h31-32,38-43,45,48-50,52H,4-30,33-37H2,1-3H3,(H,55,56)/b32-31+/t38?,39-,40-,41+,42+,43+,45+/m0/s1. The number of aliphatic hydroxyl groups excluding tert-OH is 4. The van der Waals surface area contributed by atoms with Crippen molar-refractivity contribution in [3.05, 3.63) is 12.2 Å². The van der Waals surface area contributed by atoms with Gasteiger partial charge in [-0.15, -0.1) is 0 Å². The summed E-state index contributed by atoms with van der Waals surface area (Å²) in [5.74, 6) is -0.784. The van der Waals surface area contributed by atoms with Crippen LogP contribution in [0.5, 0.6) is 0 Å². The second-order valence-electron chi connectivity index (χ2n) is 17.5. The summed E-state index contributed by atoms with van der Waals surface area (Å²) in [5.41, 5.74) is 0. The molecule has 0 radical (unpaired) electrons. The largest absolute Gasteiger partial charge is 0.472 e. The minimum absolute atomic E-state index is 0.0346. The number of unbranched alkanes of at least 4 members (excludes halogenated alkanes) is 18. The highest BCUT2D eigenvalue weighted by atomic mass is 31.2. The van der Waals surface area contributed by atoms with Gasteiger partial charge in [-0.1, -0.05) is 168 Å². The first-order valence-corrected chi connectivity index (χ1v) is 25.6. The Balaban J connectivity index is 2.38. The Bertz CT molecular complexity index is 1200. The van der Waals surface area contributed by atoms with Gasteiger partial charge in [0, 0.05) is 31.1 Å². The van der Waals surface area contributed by atoms with E-state index in [9.17, 15) is 39.2 Å². The van der Waals surface area contributed by atoms with E-state index in [1.54, 1.807) is 12.2 Å². The van der Waals surface area contributed by atoms with Crippen molar-refractivity contribution < 1.29 is 62.8 Å². The molecule has 1 rings (SSSR count). The molecule has 1 saturated carbocycles. The number of ether oxygens (including phenoxy) is 2. The van der Waals surface area contributed by atoms with Crippen LogP contribution in [0.2, 0.25) is 0 Å². The molecule has 1 fully saturated rings. The van der Waals surface area contributed by atoms with E-state index in [2.05, 4.69) is 20.8 Å². The number of hydrogen-bond donors (Lipinski definition) is 5. The summed E-state index contributed by atoms with van der Waals surface area (Å²) in [5, 5.41) is 39.1. The second kappa shape index (κ2) is 36.6. The Labute approximate surface area is 368 Å². The third-order valence-electron chi connectivity index (χ3n) is 11.9. The molecule has 0 saturated heterocycles. The molecule has 0 bridgehead atoms. The van der Waals surface area contributed by atoms with Crippen molar-refractivity contribution in [3.8, 4) is 0 Å². The number of ketones is 1. The van der Waals surface area contributed by atoms with Gasteiger partial charge in [-0.2, -0.15) is 0 Å². The number of hydrogen-bond acceptors (Lipinski definition) is 12. The molecule has 1 aliphatic carbocycles. The molecule has 1 aliphatic rings. The van der Waals surface area contributed by atoms with E-state index >= 15 is 0 Å². The van der Waals surface area contributed by atoms with Gasteiger partial charge in [0.1, 0.15) is 18.5 Å². The molecule has 14 heteroatoms. The maximum Gasteiger partial charge on any atom is 0.472 e. The lowest BCUT2D eigenvalue weighted by Gasteiger charge is -2.20. The SMILES string of the molecule is CCCCC[C@H](O)/C=C/[C@H]1[C@H](O)CC(=O)[C@@H]1CCCCCCC(=O)OC[C@H](COP(=O)(O)OC[C@@H](O)CO)OC(=O)CCCCCCCCCCCCCCCCC(C)CC. The first-order valence-electron chi connectivity index (χ1n) is 24.1. The smallest absolute Gasteiger partial charge is 0.462 e. The predicted octanol–water partition coefficient (Wildman–Crippen LogP) is 9.62. The quantitative estimate of drug-likeness (QED) is 0.0168. The number of carbonyl (C=O) groups excluding carboxylic acids is 3. The van der Waals surface area contributed by atoms with Gasteiger partial charge < -0.3 is 34.8 Å². The number of carbonyl (C=O) groups is 3. The maximum absolute atomic E-state index is 12.7. The Morgan fingerprint density at radius 3 is 1.84 bits per heavy atom. The van der Waals surface area contributed by atoms with E-state index in [1.807, 2.05) is 0 Å². The van der Waals surface area contributed by atoms with Crippen molar-refractivity contribution >= 4 is 25.5 Å². The van der Waals surface area contributed by atoms with Crippen molar-refractivity contribution in [1.29, 1.82) is 0 Å². The van der Waals surface area contributed by atoms with Crippen molar-refractivity contribution in [2.24, 2.45) is 17.8 Å². The van der Waals surface area contributed by atoms with Crippen LogP contribution in [0.1, 0.15) is 201 Å². The van der Waals surface area contributed by atoms with Gasteiger partial charge in [-0.3, -0.25) is 23.4 Å². The summed E-state index contributed by atoms with van der Waals surface area (Å²) in [6, 6.07) is 0. The number of phosphoric ester groups is 1. The highest BCUT2D eigenvalue weighted by Gasteiger charge is 2.39. The lowest BCUT2D eigenvalue weighted by atomic mass is 9.88. The van der Waals surface area contributed by atoms with Crippen molar-refractivity contribution in [3.63, 3.8) is 0 Å². The van der Waals surface area contributed by atoms with E-state index < -0.39 is 70.6 Å². The van der Waals surface area contributed by atoms with Crippen LogP contribution in [0.4, 0.5) is 0 Å². The highest BCUT2D eigenvalue weighted by Crippen LogP contribution is 2.43. The van der Waals surface area contributed by atoms with Crippen LogP contribution >= 0.6 is 7.82 Å². The summed E-state index contributed by atoms with van der Waals surface area (Å²) < 4.78 is 32.8. The molecule has 61 heavy (non-hydrogen) atoms. The van der Waals surface area contributed by atoms with Gasteiger partial charge in [-0.25, -0.2) is 4.57 Å². The van der Waals surface area contributed by atoms with Gasteiger partial charge in [0.05, 0.1) is 32.0 Å². The first-order chi connectivity index (χ1) is 29.3. The first kappa shape index (κ1) is 57.3. The summed E-state index contributed by atoms with van der Waals surface area (Å²) in [6.07, 6.45) is 26.4. The maximum atomic E-state index is 12.7. The van der Waals surface area contributed by atoms with Gasteiger partial charge in [0.2, 0.25) is 0 Å². The molecule has 0 aliphatic heterocycles. The van der Waals surface area contributed by atoms with Crippen molar-refractivity contribution in [2.45, 2.75) is 225 Å². The third-order valence-corrected chi connectivity index (χ3v) is 12.8. The molecule has 0 spiro atoms. The van der Waals surface area contributed by atoms with Crippen LogP contribution in [0.3, 0.4) is 0 Å².